The van der Waals surface area contributed by atoms with Gasteiger partial charge in [-0.2, -0.15) is 0 Å². The van der Waals surface area contributed by atoms with E-state index < -0.39 is 23.8 Å². The number of hydrogen-bond acceptors (Lipinski definition) is 6. The molecular weight excluding hydrogens is 310 g/mol. The molecule has 0 saturated heterocycles. The third-order valence-corrected chi connectivity index (χ3v) is 4.14. The van der Waals surface area contributed by atoms with E-state index in [9.17, 15) is 9.59 Å². The Labute approximate surface area is 141 Å². The van der Waals surface area contributed by atoms with Crippen LogP contribution >= 0.6 is 0 Å². The van der Waals surface area contributed by atoms with Crippen LogP contribution < -0.4 is 4.74 Å². The van der Waals surface area contributed by atoms with E-state index >= 15 is 0 Å². The molecule has 0 aliphatic carbocycles. The Morgan fingerprint density at radius 1 is 1.08 bits per heavy atom. The monoisotopic (exact) mass is 331 g/mol. The highest BCUT2D eigenvalue weighted by molar-refractivity contribution is 6.06. The quantitative estimate of drug-likeness (QED) is 0.793. The van der Waals surface area contributed by atoms with Crippen molar-refractivity contribution in [3.05, 3.63) is 41.1 Å². The van der Waals surface area contributed by atoms with Gasteiger partial charge in [0.15, 0.2) is 0 Å². The molecule has 0 bridgehead atoms. The summed E-state index contributed by atoms with van der Waals surface area (Å²) in [5.74, 6) is -1.56. The minimum Gasteiger partial charge on any atom is -0.497 e. The van der Waals surface area contributed by atoms with Gasteiger partial charge in [-0.05, 0) is 31.5 Å². The zero-order valence-corrected chi connectivity index (χ0v) is 14.5. The SMILES string of the molecule is COC(=O)C1=C(C)N=C(C)C(C(=O)OC)C1c1cccc(OC)c1. The fraction of sp³-hybridized carbons (Fsp3) is 0.389. The number of carbonyl (C=O) groups excluding carboxylic acids is 2. The van der Waals surface area contributed by atoms with Crippen molar-refractivity contribution in [3.63, 3.8) is 0 Å². The van der Waals surface area contributed by atoms with E-state index in [1.807, 2.05) is 12.1 Å². The van der Waals surface area contributed by atoms with Gasteiger partial charge in [0.25, 0.3) is 0 Å². The van der Waals surface area contributed by atoms with Gasteiger partial charge in [0.2, 0.25) is 0 Å². The molecule has 128 valence electrons. The summed E-state index contributed by atoms with van der Waals surface area (Å²) < 4.78 is 15.1. The first-order valence-electron chi connectivity index (χ1n) is 7.50. The molecule has 0 fully saturated rings. The minimum atomic E-state index is -0.695. The zero-order valence-electron chi connectivity index (χ0n) is 14.5. The van der Waals surface area contributed by atoms with E-state index in [0.717, 1.165) is 5.56 Å². The van der Waals surface area contributed by atoms with Crippen LogP contribution in [0.4, 0.5) is 0 Å². The molecule has 24 heavy (non-hydrogen) atoms. The Morgan fingerprint density at radius 2 is 1.79 bits per heavy atom. The number of nitrogens with zero attached hydrogens (tertiary/aromatic N) is 1. The van der Waals surface area contributed by atoms with Crippen LogP contribution in [0.15, 0.2) is 40.5 Å². The van der Waals surface area contributed by atoms with Gasteiger partial charge in [-0.25, -0.2) is 4.79 Å². The van der Waals surface area contributed by atoms with E-state index in [-0.39, 0.29) is 0 Å². The van der Waals surface area contributed by atoms with Gasteiger partial charge < -0.3 is 14.2 Å². The number of rotatable bonds is 4. The standard InChI is InChI=1S/C18H21NO5/c1-10-14(17(20)23-4)16(12-7-6-8-13(9-12)22-3)15(11(2)19-10)18(21)24-5/h6-9,14,16H,1-5H3. The van der Waals surface area contributed by atoms with Crippen LogP contribution in [0.2, 0.25) is 0 Å². The van der Waals surface area contributed by atoms with E-state index in [0.29, 0.717) is 22.7 Å². The lowest BCUT2D eigenvalue weighted by molar-refractivity contribution is -0.143. The van der Waals surface area contributed by atoms with Gasteiger partial charge in [0, 0.05) is 17.3 Å². The number of aliphatic imine (C=N–C) groups is 1. The second kappa shape index (κ2) is 7.29. The second-order valence-corrected chi connectivity index (χ2v) is 5.50. The van der Waals surface area contributed by atoms with Crippen molar-refractivity contribution in [1.29, 1.82) is 0 Å². The zero-order chi connectivity index (χ0) is 17.9. The number of esters is 2. The lowest BCUT2D eigenvalue weighted by Crippen LogP contribution is -2.36. The summed E-state index contributed by atoms with van der Waals surface area (Å²) in [5, 5.41) is 0. The number of ether oxygens (including phenoxy) is 3. The van der Waals surface area contributed by atoms with Gasteiger partial charge >= 0.3 is 11.9 Å². The van der Waals surface area contributed by atoms with Crippen molar-refractivity contribution in [1.82, 2.24) is 0 Å². The maximum atomic E-state index is 12.4. The molecule has 0 N–H and O–H groups in total. The minimum absolute atomic E-state index is 0.353. The Bertz CT molecular complexity index is 720. The maximum Gasteiger partial charge on any atom is 0.336 e. The Hall–Kier alpha value is -2.63. The number of methoxy groups -OCH3 is 3. The first-order valence-corrected chi connectivity index (χ1v) is 7.50. The Kier molecular flexibility index (Phi) is 5.39. The molecule has 2 rings (SSSR count). The molecule has 2 atom stereocenters. The molecular formula is C18H21NO5. The molecule has 0 aromatic heterocycles. The van der Waals surface area contributed by atoms with Crippen molar-refractivity contribution >= 4 is 17.7 Å². The van der Waals surface area contributed by atoms with E-state index in [1.165, 1.54) is 14.2 Å². The van der Waals surface area contributed by atoms with Crippen molar-refractivity contribution in [2.45, 2.75) is 19.8 Å². The Morgan fingerprint density at radius 3 is 2.38 bits per heavy atom. The average molecular weight is 331 g/mol. The third kappa shape index (κ3) is 3.18. The summed E-state index contributed by atoms with van der Waals surface area (Å²) in [6, 6.07) is 7.26. The summed E-state index contributed by atoms with van der Waals surface area (Å²) in [6.45, 7) is 3.49. The summed E-state index contributed by atoms with van der Waals surface area (Å²) in [4.78, 5) is 29.1. The summed E-state index contributed by atoms with van der Waals surface area (Å²) in [6.07, 6.45) is 0. The summed E-state index contributed by atoms with van der Waals surface area (Å²) in [5.41, 5.74) is 2.25. The van der Waals surface area contributed by atoms with Crippen LogP contribution in [-0.4, -0.2) is 39.0 Å². The first kappa shape index (κ1) is 17.7. The number of benzene rings is 1. The van der Waals surface area contributed by atoms with E-state index in [4.69, 9.17) is 14.2 Å². The lowest BCUT2D eigenvalue weighted by Gasteiger charge is -2.31. The molecule has 1 aliphatic heterocycles. The average Bonchev–Trinajstić information content (AvgIpc) is 2.59. The molecule has 1 aromatic carbocycles. The fourth-order valence-electron chi connectivity index (χ4n) is 3.04. The van der Waals surface area contributed by atoms with Crippen molar-refractivity contribution in [2.24, 2.45) is 10.9 Å². The van der Waals surface area contributed by atoms with E-state index in [2.05, 4.69) is 4.99 Å². The highest BCUT2D eigenvalue weighted by Crippen LogP contribution is 2.40. The van der Waals surface area contributed by atoms with Crippen molar-refractivity contribution < 1.29 is 23.8 Å². The maximum absolute atomic E-state index is 12.4. The molecule has 0 amide bonds. The summed E-state index contributed by atoms with van der Waals surface area (Å²) in [7, 11) is 4.19. The van der Waals surface area contributed by atoms with Crippen molar-refractivity contribution in [2.75, 3.05) is 21.3 Å². The second-order valence-electron chi connectivity index (χ2n) is 5.50. The van der Waals surface area contributed by atoms with Crippen LogP contribution in [0.5, 0.6) is 5.75 Å². The fourth-order valence-corrected chi connectivity index (χ4v) is 3.04. The predicted octanol–water partition coefficient (Wildman–Crippen LogP) is 2.49. The highest BCUT2D eigenvalue weighted by atomic mass is 16.5. The normalized spacial score (nSPS) is 20.3. The molecule has 0 spiro atoms. The molecule has 0 radical (unpaired) electrons. The van der Waals surface area contributed by atoms with E-state index in [1.54, 1.807) is 33.1 Å². The lowest BCUT2D eigenvalue weighted by atomic mass is 9.75. The number of hydrogen-bond donors (Lipinski definition) is 0. The van der Waals surface area contributed by atoms with Gasteiger partial charge in [-0.15, -0.1) is 0 Å². The third-order valence-electron chi connectivity index (χ3n) is 4.14. The van der Waals surface area contributed by atoms with Gasteiger partial charge in [-0.3, -0.25) is 9.79 Å². The Balaban J connectivity index is 2.67. The first-order chi connectivity index (χ1) is 11.4. The molecule has 1 aromatic rings. The molecule has 2 unspecified atom stereocenters. The van der Waals surface area contributed by atoms with Crippen molar-refractivity contribution in [3.8, 4) is 5.75 Å². The molecule has 1 heterocycles. The van der Waals surface area contributed by atoms with Crippen LogP contribution in [0.1, 0.15) is 25.3 Å². The highest BCUT2D eigenvalue weighted by Gasteiger charge is 2.42. The molecule has 1 aliphatic rings. The number of allylic oxidation sites excluding steroid dienone is 1. The van der Waals surface area contributed by atoms with Crippen LogP contribution in [0, 0.1) is 5.92 Å². The van der Waals surface area contributed by atoms with Gasteiger partial charge in [0.1, 0.15) is 11.7 Å². The molecule has 0 saturated carbocycles. The summed E-state index contributed by atoms with van der Waals surface area (Å²) >= 11 is 0. The van der Waals surface area contributed by atoms with Crippen LogP contribution in [0.3, 0.4) is 0 Å². The topological polar surface area (TPSA) is 74.2 Å². The predicted molar refractivity (Wildman–Crippen MR) is 89.1 cm³/mol. The number of carbonyl (C=O) groups is 2. The molecule has 6 nitrogen and oxygen atoms in total. The smallest absolute Gasteiger partial charge is 0.336 e. The largest absolute Gasteiger partial charge is 0.497 e. The van der Waals surface area contributed by atoms with Crippen LogP contribution in [0.25, 0.3) is 0 Å². The molecule has 6 heteroatoms. The van der Waals surface area contributed by atoms with Crippen LogP contribution in [-0.2, 0) is 19.1 Å². The van der Waals surface area contributed by atoms with Gasteiger partial charge in [0.05, 0.1) is 26.9 Å². The van der Waals surface area contributed by atoms with Gasteiger partial charge in [-0.1, -0.05) is 12.1 Å².